The van der Waals surface area contributed by atoms with Crippen molar-refractivity contribution in [2.24, 2.45) is 5.92 Å². The zero-order chi connectivity index (χ0) is 19.3. The number of methoxy groups -OCH3 is 1. The Morgan fingerprint density at radius 3 is 2.79 bits per heavy atom. The summed E-state index contributed by atoms with van der Waals surface area (Å²) in [6.07, 6.45) is 6.04. The molecule has 1 aliphatic rings. The topological polar surface area (TPSA) is 63.4 Å². The first-order valence-electron chi connectivity index (χ1n) is 9.65. The largest absolute Gasteiger partial charge is 0.496 e. The molecule has 1 aliphatic heterocycles. The van der Waals surface area contributed by atoms with Crippen LogP contribution in [-0.4, -0.2) is 51.1 Å². The number of aliphatic hydroxyl groups excluding tert-OH is 1. The predicted octanol–water partition coefficient (Wildman–Crippen LogP) is 2.37. The van der Waals surface area contributed by atoms with Crippen molar-refractivity contribution in [3.05, 3.63) is 77.9 Å². The van der Waals surface area contributed by atoms with E-state index < -0.39 is 0 Å². The molecule has 1 aromatic carbocycles. The van der Waals surface area contributed by atoms with E-state index in [4.69, 9.17) is 4.74 Å². The molecular weight excluding hydrogens is 352 g/mol. The van der Waals surface area contributed by atoms with Crippen molar-refractivity contribution in [1.29, 1.82) is 0 Å². The quantitative estimate of drug-likeness (QED) is 0.684. The summed E-state index contributed by atoms with van der Waals surface area (Å²) in [7, 11) is 1.70. The fourth-order valence-electron chi connectivity index (χ4n) is 3.94. The molecule has 1 saturated heterocycles. The van der Waals surface area contributed by atoms with Crippen LogP contribution in [0.1, 0.15) is 16.8 Å². The Kier molecular flexibility index (Phi) is 5.69. The van der Waals surface area contributed by atoms with Gasteiger partial charge in [-0.25, -0.2) is 0 Å². The molecule has 3 aromatic rings. The molecule has 0 unspecified atom stereocenters. The number of aliphatic hydroxyl groups is 1. The van der Waals surface area contributed by atoms with Gasteiger partial charge in [0, 0.05) is 55.4 Å². The number of nitrogens with zero attached hydrogens (tertiary/aromatic N) is 4. The molecule has 1 fully saturated rings. The molecule has 6 heteroatoms. The maximum atomic E-state index is 10.5. The van der Waals surface area contributed by atoms with Gasteiger partial charge in [0.2, 0.25) is 0 Å². The van der Waals surface area contributed by atoms with E-state index in [9.17, 15) is 5.11 Å². The summed E-state index contributed by atoms with van der Waals surface area (Å²) < 4.78 is 7.41. The second kappa shape index (κ2) is 8.54. The molecule has 0 radical (unpaired) electrons. The van der Waals surface area contributed by atoms with Crippen LogP contribution < -0.4 is 4.74 Å². The van der Waals surface area contributed by atoms with Crippen LogP contribution in [0.2, 0.25) is 0 Å². The number of β-amino-alcohol motifs (C(OH)–C–C–N with tert-alkyl or cyclic N) is 1. The van der Waals surface area contributed by atoms with Gasteiger partial charge in [0.05, 0.1) is 19.8 Å². The Morgan fingerprint density at radius 1 is 1.11 bits per heavy atom. The van der Waals surface area contributed by atoms with Crippen LogP contribution in [-0.2, 0) is 19.5 Å². The monoisotopic (exact) mass is 378 g/mol. The second-order valence-corrected chi connectivity index (χ2v) is 7.40. The maximum absolute atomic E-state index is 10.5. The van der Waals surface area contributed by atoms with Crippen LogP contribution in [0, 0.1) is 5.92 Å². The van der Waals surface area contributed by atoms with Crippen molar-refractivity contribution in [3.63, 3.8) is 0 Å². The standard InChI is InChI=1S/C22H26N4O2/c1-28-22-7-6-17(11-19(22)15-26-10-4-9-24-26)13-25-14-18(21(27)16-25)12-20-5-2-3-8-23-20/h2-11,18,21,27H,12-16H2,1H3/t18-,21-/m1/s1. The highest BCUT2D eigenvalue weighted by Gasteiger charge is 2.31. The summed E-state index contributed by atoms with van der Waals surface area (Å²) in [5.41, 5.74) is 3.36. The third-order valence-electron chi connectivity index (χ3n) is 5.32. The lowest BCUT2D eigenvalue weighted by atomic mass is 10.00. The van der Waals surface area contributed by atoms with Gasteiger partial charge >= 0.3 is 0 Å². The number of rotatable bonds is 7. The molecule has 146 valence electrons. The first-order chi connectivity index (χ1) is 13.7. The van der Waals surface area contributed by atoms with Gasteiger partial charge in [-0.15, -0.1) is 0 Å². The lowest BCUT2D eigenvalue weighted by Gasteiger charge is -2.17. The second-order valence-electron chi connectivity index (χ2n) is 7.40. The molecule has 6 nitrogen and oxygen atoms in total. The molecule has 2 atom stereocenters. The van der Waals surface area contributed by atoms with Crippen molar-refractivity contribution in [3.8, 4) is 5.75 Å². The number of pyridine rings is 1. The fourth-order valence-corrected chi connectivity index (χ4v) is 3.94. The zero-order valence-electron chi connectivity index (χ0n) is 16.1. The van der Waals surface area contributed by atoms with Crippen LogP contribution in [0.25, 0.3) is 0 Å². The van der Waals surface area contributed by atoms with Crippen molar-refractivity contribution < 1.29 is 9.84 Å². The Hall–Kier alpha value is -2.70. The van der Waals surface area contributed by atoms with Gasteiger partial charge in [-0.2, -0.15) is 5.10 Å². The number of ether oxygens (including phenoxy) is 1. The van der Waals surface area contributed by atoms with E-state index in [0.717, 1.165) is 36.5 Å². The molecule has 2 aromatic heterocycles. The molecule has 0 bridgehead atoms. The third-order valence-corrected chi connectivity index (χ3v) is 5.32. The highest BCUT2D eigenvalue weighted by molar-refractivity contribution is 5.37. The minimum atomic E-state index is -0.316. The van der Waals surface area contributed by atoms with Gasteiger partial charge in [0.1, 0.15) is 5.75 Å². The molecule has 3 heterocycles. The van der Waals surface area contributed by atoms with E-state index in [1.165, 1.54) is 5.56 Å². The average molecular weight is 378 g/mol. The third kappa shape index (κ3) is 4.40. The Balaban J connectivity index is 1.42. The highest BCUT2D eigenvalue weighted by atomic mass is 16.5. The lowest BCUT2D eigenvalue weighted by molar-refractivity contribution is 0.140. The normalized spacial score (nSPS) is 19.8. The van der Waals surface area contributed by atoms with Gasteiger partial charge in [-0.05, 0) is 42.3 Å². The van der Waals surface area contributed by atoms with Crippen LogP contribution in [0.5, 0.6) is 5.75 Å². The van der Waals surface area contributed by atoms with Gasteiger partial charge in [0.25, 0.3) is 0 Å². The molecule has 0 spiro atoms. The summed E-state index contributed by atoms with van der Waals surface area (Å²) in [5, 5.41) is 14.8. The van der Waals surface area contributed by atoms with Crippen molar-refractivity contribution in [2.45, 2.75) is 25.6 Å². The SMILES string of the molecule is COc1ccc(CN2C[C@@H](Cc3ccccn3)[C@H](O)C2)cc1Cn1cccn1. The van der Waals surface area contributed by atoms with Gasteiger partial charge < -0.3 is 9.84 Å². The molecule has 0 aliphatic carbocycles. The minimum absolute atomic E-state index is 0.219. The first kappa shape index (κ1) is 18.7. The van der Waals surface area contributed by atoms with Crippen molar-refractivity contribution in [1.82, 2.24) is 19.7 Å². The number of aromatic nitrogens is 3. The van der Waals surface area contributed by atoms with Crippen molar-refractivity contribution >= 4 is 0 Å². The summed E-state index contributed by atoms with van der Waals surface area (Å²) >= 11 is 0. The zero-order valence-corrected chi connectivity index (χ0v) is 16.1. The van der Waals surface area contributed by atoms with E-state index in [-0.39, 0.29) is 12.0 Å². The van der Waals surface area contributed by atoms with Gasteiger partial charge in [0.15, 0.2) is 0 Å². The van der Waals surface area contributed by atoms with E-state index in [0.29, 0.717) is 13.1 Å². The Morgan fingerprint density at radius 2 is 2.04 bits per heavy atom. The summed E-state index contributed by atoms with van der Waals surface area (Å²) in [5.74, 6) is 1.09. The minimum Gasteiger partial charge on any atom is -0.496 e. The number of likely N-dealkylation sites (tertiary alicyclic amines) is 1. The summed E-state index contributed by atoms with van der Waals surface area (Å²) in [4.78, 5) is 6.72. The van der Waals surface area contributed by atoms with E-state index in [1.807, 2.05) is 47.4 Å². The number of hydrogen-bond acceptors (Lipinski definition) is 5. The number of benzene rings is 1. The Bertz CT molecular complexity index is 883. The Labute approximate surface area is 165 Å². The number of hydrogen-bond donors (Lipinski definition) is 1. The van der Waals surface area contributed by atoms with Crippen LogP contribution in [0.3, 0.4) is 0 Å². The smallest absolute Gasteiger partial charge is 0.123 e. The summed E-state index contributed by atoms with van der Waals surface area (Å²) in [6, 6.07) is 14.2. The van der Waals surface area contributed by atoms with Gasteiger partial charge in [-0.1, -0.05) is 12.1 Å². The maximum Gasteiger partial charge on any atom is 0.123 e. The molecule has 28 heavy (non-hydrogen) atoms. The van der Waals surface area contributed by atoms with E-state index in [2.05, 4.69) is 27.1 Å². The molecule has 1 N–H and O–H groups in total. The predicted molar refractivity (Wildman–Crippen MR) is 107 cm³/mol. The van der Waals surface area contributed by atoms with E-state index in [1.54, 1.807) is 13.3 Å². The highest BCUT2D eigenvalue weighted by Crippen LogP contribution is 2.25. The van der Waals surface area contributed by atoms with E-state index >= 15 is 0 Å². The molecule has 0 amide bonds. The molecule has 0 saturated carbocycles. The molecular formula is C22H26N4O2. The van der Waals surface area contributed by atoms with Crippen molar-refractivity contribution in [2.75, 3.05) is 20.2 Å². The lowest BCUT2D eigenvalue weighted by Crippen LogP contribution is -2.21. The van der Waals surface area contributed by atoms with Crippen LogP contribution in [0.4, 0.5) is 0 Å². The van der Waals surface area contributed by atoms with Crippen LogP contribution in [0.15, 0.2) is 61.1 Å². The van der Waals surface area contributed by atoms with Gasteiger partial charge in [-0.3, -0.25) is 14.6 Å². The molecule has 4 rings (SSSR count). The first-order valence-corrected chi connectivity index (χ1v) is 9.65. The average Bonchev–Trinajstić information content (AvgIpc) is 3.33. The summed E-state index contributed by atoms with van der Waals surface area (Å²) in [6.45, 7) is 3.05. The van der Waals surface area contributed by atoms with Crippen LogP contribution >= 0.6 is 0 Å². The fraction of sp³-hybridized carbons (Fsp3) is 0.364.